The van der Waals surface area contributed by atoms with Crippen molar-refractivity contribution >= 4 is 35.4 Å². The van der Waals surface area contributed by atoms with Crippen molar-refractivity contribution in [1.82, 2.24) is 19.7 Å². The molecule has 1 heterocycles. The average molecular weight is 348 g/mol. The summed E-state index contributed by atoms with van der Waals surface area (Å²) in [6.45, 7) is 1.73. The largest absolute Gasteiger partial charge is 0.347 e. The molecule has 0 saturated heterocycles. The predicted molar refractivity (Wildman–Crippen MR) is 92.4 cm³/mol. The minimum absolute atomic E-state index is 0.0598. The van der Waals surface area contributed by atoms with Crippen LogP contribution in [-0.2, 0) is 16.1 Å². The van der Waals surface area contributed by atoms with Gasteiger partial charge in [0.25, 0.3) is 5.91 Å². The van der Waals surface area contributed by atoms with E-state index in [-0.39, 0.29) is 24.3 Å². The molecule has 0 radical (unpaired) electrons. The molecule has 0 saturated carbocycles. The monoisotopic (exact) mass is 347 g/mol. The molecule has 7 nitrogen and oxygen atoms in total. The molecule has 1 N–H and O–H groups in total. The van der Waals surface area contributed by atoms with E-state index in [1.54, 1.807) is 33.2 Å². The minimum atomic E-state index is -0.341. The SMILES string of the molecule is CC(=Cc1ccccc1Cl)C(=O)Nc1ncn(CC(=O)N(C)C)n1. The zero-order chi connectivity index (χ0) is 17.7. The van der Waals surface area contributed by atoms with Gasteiger partial charge in [-0.1, -0.05) is 29.8 Å². The van der Waals surface area contributed by atoms with E-state index in [4.69, 9.17) is 11.6 Å². The lowest BCUT2D eigenvalue weighted by Crippen LogP contribution is -2.26. The van der Waals surface area contributed by atoms with Crippen LogP contribution < -0.4 is 5.32 Å². The Bertz CT molecular complexity index is 782. The molecule has 24 heavy (non-hydrogen) atoms. The second-order valence-electron chi connectivity index (χ2n) is 5.36. The van der Waals surface area contributed by atoms with E-state index in [1.807, 2.05) is 18.2 Å². The van der Waals surface area contributed by atoms with Crippen LogP contribution in [0.1, 0.15) is 12.5 Å². The molecule has 8 heteroatoms. The van der Waals surface area contributed by atoms with Crippen molar-refractivity contribution in [2.75, 3.05) is 19.4 Å². The number of halogens is 1. The first-order valence-corrected chi connectivity index (χ1v) is 7.58. The number of nitrogens with zero attached hydrogens (tertiary/aromatic N) is 4. The summed E-state index contributed by atoms with van der Waals surface area (Å²) in [6.07, 6.45) is 3.08. The van der Waals surface area contributed by atoms with Gasteiger partial charge in [0.1, 0.15) is 12.9 Å². The fourth-order valence-electron chi connectivity index (χ4n) is 1.80. The predicted octanol–water partition coefficient (Wildman–Crippen LogP) is 2.06. The third-order valence-corrected chi connectivity index (χ3v) is 3.54. The highest BCUT2D eigenvalue weighted by Gasteiger charge is 2.11. The molecular weight excluding hydrogens is 330 g/mol. The summed E-state index contributed by atoms with van der Waals surface area (Å²) in [5.41, 5.74) is 1.21. The van der Waals surface area contributed by atoms with E-state index in [1.165, 1.54) is 15.9 Å². The second kappa shape index (κ2) is 7.74. The molecule has 0 atom stereocenters. The van der Waals surface area contributed by atoms with Crippen LogP contribution in [0.15, 0.2) is 36.2 Å². The Hall–Kier alpha value is -2.67. The lowest BCUT2D eigenvalue weighted by molar-refractivity contribution is -0.129. The first kappa shape index (κ1) is 17.7. The zero-order valence-electron chi connectivity index (χ0n) is 13.7. The minimum Gasteiger partial charge on any atom is -0.347 e. The summed E-state index contributed by atoms with van der Waals surface area (Å²) < 4.78 is 1.37. The van der Waals surface area contributed by atoms with Crippen LogP contribution in [0.5, 0.6) is 0 Å². The summed E-state index contributed by atoms with van der Waals surface area (Å²) in [5, 5.41) is 7.20. The maximum Gasteiger partial charge on any atom is 0.253 e. The van der Waals surface area contributed by atoms with Gasteiger partial charge in [-0.2, -0.15) is 0 Å². The number of carbonyl (C=O) groups is 2. The van der Waals surface area contributed by atoms with Gasteiger partial charge in [-0.05, 0) is 24.6 Å². The van der Waals surface area contributed by atoms with Gasteiger partial charge in [0.05, 0.1) is 0 Å². The number of likely N-dealkylation sites (N-methyl/N-ethyl adjacent to an activating group) is 1. The number of rotatable bonds is 5. The molecule has 0 bridgehead atoms. The van der Waals surface area contributed by atoms with Crippen LogP contribution in [0.25, 0.3) is 6.08 Å². The lowest BCUT2D eigenvalue weighted by Gasteiger charge is -2.09. The number of nitrogens with one attached hydrogen (secondary N) is 1. The van der Waals surface area contributed by atoms with Gasteiger partial charge in [-0.25, -0.2) is 9.67 Å². The molecule has 0 spiro atoms. The van der Waals surface area contributed by atoms with E-state index in [9.17, 15) is 9.59 Å². The van der Waals surface area contributed by atoms with E-state index < -0.39 is 0 Å². The van der Waals surface area contributed by atoms with E-state index in [0.717, 1.165) is 5.56 Å². The smallest absolute Gasteiger partial charge is 0.253 e. The second-order valence-corrected chi connectivity index (χ2v) is 5.76. The molecule has 2 aromatic rings. The summed E-state index contributed by atoms with van der Waals surface area (Å²) in [6, 6.07) is 7.23. The highest BCUT2D eigenvalue weighted by atomic mass is 35.5. The number of amides is 2. The van der Waals surface area contributed by atoms with E-state index in [0.29, 0.717) is 10.6 Å². The molecule has 2 amide bonds. The number of benzene rings is 1. The van der Waals surface area contributed by atoms with Gasteiger partial charge in [-0.3, -0.25) is 14.9 Å². The normalized spacial score (nSPS) is 11.2. The lowest BCUT2D eigenvalue weighted by atomic mass is 10.1. The van der Waals surface area contributed by atoms with Crippen LogP contribution in [0.2, 0.25) is 5.02 Å². The summed E-state index contributed by atoms with van der Waals surface area (Å²) >= 11 is 6.07. The van der Waals surface area contributed by atoms with Crippen molar-refractivity contribution in [2.24, 2.45) is 0 Å². The maximum atomic E-state index is 12.2. The van der Waals surface area contributed by atoms with Crippen molar-refractivity contribution in [3.8, 4) is 0 Å². The van der Waals surface area contributed by atoms with Crippen LogP contribution in [-0.4, -0.2) is 45.6 Å². The van der Waals surface area contributed by atoms with Gasteiger partial charge in [-0.15, -0.1) is 5.10 Å². The van der Waals surface area contributed by atoms with Gasteiger partial charge in [0, 0.05) is 24.7 Å². The van der Waals surface area contributed by atoms with E-state index in [2.05, 4.69) is 15.4 Å². The molecule has 0 aliphatic carbocycles. The Morgan fingerprint density at radius 1 is 1.33 bits per heavy atom. The van der Waals surface area contributed by atoms with Gasteiger partial charge >= 0.3 is 0 Å². The standard InChI is InChI=1S/C16H18ClN5O2/c1-11(8-12-6-4-5-7-13(12)17)15(24)19-16-18-10-22(20-16)9-14(23)21(2)3/h4-8,10H,9H2,1-3H3,(H,19,20,24). The molecule has 1 aromatic heterocycles. The quantitative estimate of drug-likeness (QED) is 0.839. The summed E-state index contributed by atoms with van der Waals surface area (Å²) in [4.78, 5) is 29.2. The number of hydrogen-bond acceptors (Lipinski definition) is 4. The molecule has 2 rings (SSSR count). The fraction of sp³-hybridized carbons (Fsp3) is 0.250. The molecule has 0 fully saturated rings. The van der Waals surface area contributed by atoms with Crippen molar-refractivity contribution in [2.45, 2.75) is 13.5 Å². The molecule has 1 aromatic carbocycles. The summed E-state index contributed by atoms with van der Waals surface area (Å²) in [7, 11) is 3.32. The van der Waals surface area contributed by atoms with Crippen LogP contribution in [0, 0.1) is 0 Å². The van der Waals surface area contributed by atoms with Crippen LogP contribution in [0.3, 0.4) is 0 Å². The summed E-state index contributed by atoms with van der Waals surface area (Å²) in [5.74, 6) is -0.322. The Balaban J connectivity index is 2.03. The Kier molecular flexibility index (Phi) is 5.70. The third-order valence-electron chi connectivity index (χ3n) is 3.19. The molecular formula is C16H18ClN5O2. The molecule has 126 valence electrons. The first-order chi connectivity index (χ1) is 11.4. The number of anilines is 1. The molecule has 0 unspecified atom stereocenters. The van der Waals surface area contributed by atoms with E-state index >= 15 is 0 Å². The van der Waals surface area contributed by atoms with Crippen molar-refractivity contribution < 1.29 is 9.59 Å². The van der Waals surface area contributed by atoms with Gasteiger partial charge in [0.2, 0.25) is 11.9 Å². The van der Waals surface area contributed by atoms with Crippen LogP contribution in [0.4, 0.5) is 5.95 Å². The molecule has 0 aliphatic heterocycles. The fourth-order valence-corrected chi connectivity index (χ4v) is 1.99. The Labute approximate surface area is 144 Å². The van der Waals surface area contributed by atoms with Crippen LogP contribution >= 0.6 is 11.6 Å². The van der Waals surface area contributed by atoms with Gasteiger partial charge in [0.15, 0.2) is 0 Å². The number of aromatic nitrogens is 3. The molecule has 0 aliphatic rings. The third kappa shape index (κ3) is 4.66. The number of carbonyl (C=O) groups excluding carboxylic acids is 2. The number of hydrogen-bond donors (Lipinski definition) is 1. The highest BCUT2D eigenvalue weighted by molar-refractivity contribution is 6.32. The zero-order valence-corrected chi connectivity index (χ0v) is 14.4. The Morgan fingerprint density at radius 2 is 2.04 bits per heavy atom. The topological polar surface area (TPSA) is 80.1 Å². The van der Waals surface area contributed by atoms with Crippen molar-refractivity contribution in [1.29, 1.82) is 0 Å². The highest BCUT2D eigenvalue weighted by Crippen LogP contribution is 2.18. The van der Waals surface area contributed by atoms with Crippen molar-refractivity contribution in [3.63, 3.8) is 0 Å². The average Bonchev–Trinajstić information content (AvgIpc) is 2.96. The maximum absolute atomic E-state index is 12.2. The van der Waals surface area contributed by atoms with Crippen molar-refractivity contribution in [3.05, 3.63) is 46.8 Å². The van der Waals surface area contributed by atoms with Gasteiger partial charge < -0.3 is 4.90 Å². The Morgan fingerprint density at radius 3 is 2.71 bits per heavy atom. The first-order valence-electron chi connectivity index (χ1n) is 7.20.